The van der Waals surface area contributed by atoms with E-state index in [1.54, 1.807) is 0 Å². The van der Waals surface area contributed by atoms with Crippen molar-refractivity contribution in [2.24, 2.45) is 0 Å². The van der Waals surface area contributed by atoms with Gasteiger partial charge in [-0.1, -0.05) is 72.8 Å². The number of para-hydroxylation sites is 4. The molecule has 4 heteroatoms. The summed E-state index contributed by atoms with van der Waals surface area (Å²) in [6, 6.07) is 37.6. The van der Waals surface area contributed by atoms with Gasteiger partial charge in [-0.2, -0.15) is 0 Å². The average molecular weight is 449 g/mol. The summed E-state index contributed by atoms with van der Waals surface area (Å²) in [7, 11) is 0. The van der Waals surface area contributed by atoms with Gasteiger partial charge in [-0.15, -0.1) is 0 Å². The molecular weight excluding hydrogens is 428 g/mol. The summed E-state index contributed by atoms with van der Waals surface area (Å²) in [6.07, 6.45) is 3.69. The van der Waals surface area contributed by atoms with Crippen LogP contribution >= 0.6 is 0 Å². The minimum atomic E-state index is 0.961. The van der Waals surface area contributed by atoms with Crippen molar-refractivity contribution in [2.45, 2.75) is 0 Å². The number of hydrogen-bond acceptors (Lipinski definition) is 4. The van der Waals surface area contributed by atoms with Gasteiger partial charge in [-0.05, 0) is 36.4 Å². The lowest BCUT2D eigenvalue weighted by Crippen LogP contribution is -2.13. The van der Waals surface area contributed by atoms with E-state index in [9.17, 15) is 0 Å². The Morgan fingerprint density at radius 1 is 0.400 bits per heavy atom. The molecule has 4 nitrogen and oxygen atoms in total. The first-order chi connectivity index (χ1) is 17.4. The standard InChI is InChI=1S/C31H20N4/c1-5-13-26-22(9-1)30(23-10-2-6-14-27(23)33-26)35(21-17-19-32-20-18-21)31-24-11-3-7-15-28(24)34-29-16-8-4-12-25(29)31/h1-20H. The third-order valence-corrected chi connectivity index (χ3v) is 6.49. The minimum Gasteiger partial charge on any atom is -0.308 e. The fourth-order valence-electron chi connectivity index (χ4n) is 4.98. The van der Waals surface area contributed by atoms with E-state index >= 15 is 0 Å². The second-order valence-electron chi connectivity index (χ2n) is 8.53. The summed E-state index contributed by atoms with van der Waals surface area (Å²) in [5, 5.41) is 4.36. The van der Waals surface area contributed by atoms with E-state index < -0.39 is 0 Å². The Morgan fingerprint density at radius 3 is 1.11 bits per heavy atom. The first kappa shape index (κ1) is 19.6. The molecule has 7 aromatic rings. The molecule has 4 aromatic carbocycles. The summed E-state index contributed by atoms with van der Waals surface area (Å²) in [5.41, 5.74) is 7.07. The Hall–Kier alpha value is -4.83. The van der Waals surface area contributed by atoms with Crippen molar-refractivity contribution in [3.8, 4) is 0 Å². The molecule has 0 radical (unpaired) electrons. The van der Waals surface area contributed by atoms with Crippen molar-refractivity contribution >= 4 is 60.7 Å². The largest absolute Gasteiger partial charge is 0.308 e. The van der Waals surface area contributed by atoms with Crippen LogP contribution in [0, 0.1) is 0 Å². The van der Waals surface area contributed by atoms with Crippen LogP contribution in [-0.2, 0) is 0 Å². The van der Waals surface area contributed by atoms with Crippen LogP contribution in [0.3, 0.4) is 0 Å². The van der Waals surface area contributed by atoms with Gasteiger partial charge >= 0.3 is 0 Å². The first-order valence-electron chi connectivity index (χ1n) is 11.6. The number of anilines is 3. The molecule has 0 saturated heterocycles. The van der Waals surface area contributed by atoms with E-state index in [1.165, 1.54) is 0 Å². The predicted molar refractivity (Wildman–Crippen MR) is 145 cm³/mol. The third-order valence-electron chi connectivity index (χ3n) is 6.49. The first-order valence-corrected chi connectivity index (χ1v) is 11.6. The van der Waals surface area contributed by atoms with Crippen LogP contribution in [0.2, 0.25) is 0 Å². The van der Waals surface area contributed by atoms with E-state index in [4.69, 9.17) is 9.97 Å². The lowest BCUT2D eigenvalue weighted by molar-refractivity contribution is 1.26. The highest BCUT2D eigenvalue weighted by molar-refractivity contribution is 6.17. The summed E-state index contributed by atoms with van der Waals surface area (Å²) in [5.74, 6) is 0. The molecule has 0 N–H and O–H groups in total. The number of hydrogen-bond donors (Lipinski definition) is 0. The van der Waals surface area contributed by atoms with Gasteiger partial charge in [-0.25, -0.2) is 9.97 Å². The van der Waals surface area contributed by atoms with Gasteiger partial charge < -0.3 is 4.90 Å². The fourth-order valence-corrected chi connectivity index (χ4v) is 4.98. The minimum absolute atomic E-state index is 0.961. The Morgan fingerprint density at radius 2 is 0.743 bits per heavy atom. The fraction of sp³-hybridized carbons (Fsp3) is 0. The van der Waals surface area contributed by atoms with Gasteiger partial charge in [0, 0.05) is 39.6 Å². The van der Waals surface area contributed by atoms with Gasteiger partial charge in [0.25, 0.3) is 0 Å². The summed E-state index contributed by atoms with van der Waals surface area (Å²) < 4.78 is 0. The van der Waals surface area contributed by atoms with Crippen LogP contribution in [0.25, 0.3) is 43.6 Å². The molecule has 3 heterocycles. The normalized spacial score (nSPS) is 11.4. The van der Waals surface area contributed by atoms with Gasteiger partial charge in [0.15, 0.2) is 0 Å². The number of aromatic nitrogens is 3. The highest BCUT2D eigenvalue weighted by Crippen LogP contribution is 2.47. The molecule has 0 amide bonds. The molecule has 0 unspecified atom stereocenters. The molecule has 0 atom stereocenters. The molecule has 7 rings (SSSR count). The van der Waals surface area contributed by atoms with E-state index in [0.717, 1.165) is 60.7 Å². The van der Waals surface area contributed by atoms with Crippen molar-refractivity contribution in [1.29, 1.82) is 0 Å². The predicted octanol–water partition coefficient (Wildman–Crippen LogP) is 7.95. The van der Waals surface area contributed by atoms with Crippen LogP contribution in [0.15, 0.2) is 122 Å². The molecule has 0 bridgehead atoms. The lowest BCUT2D eigenvalue weighted by Gasteiger charge is -2.30. The smallest absolute Gasteiger partial charge is 0.0730 e. The zero-order valence-corrected chi connectivity index (χ0v) is 18.8. The molecule has 0 aliphatic rings. The van der Waals surface area contributed by atoms with Crippen molar-refractivity contribution in [3.05, 3.63) is 122 Å². The third kappa shape index (κ3) is 3.11. The van der Waals surface area contributed by atoms with Gasteiger partial charge in [0.05, 0.1) is 33.4 Å². The van der Waals surface area contributed by atoms with Crippen LogP contribution in [-0.4, -0.2) is 15.0 Å². The van der Waals surface area contributed by atoms with E-state index in [2.05, 4.69) is 94.8 Å². The zero-order valence-electron chi connectivity index (χ0n) is 18.8. The van der Waals surface area contributed by atoms with Gasteiger partial charge in [0.2, 0.25) is 0 Å². The second-order valence-corrected chi connectivity index (χ2v) is 8.53. The van der Waals surface area contributed by atoms with E-state index in [-0.39, 0.29) is 0 Å². The summed E-state index contributed by atoms with van der Waals surface area (Å²) in [6.45, 7) is 0. The van der Waals surface area contributed by atoms with E-state index in [1.807, 2.05) is 36.7 Å². The van der Waals surface area contributed by atoms with Gasteiger partial charge in [-0.3, -0.25) is 4.98 Å². The molecule has 0 aliphatic heterocycles. The van der Waals surface area contributed by atoms with E-state index in [0.29, 0.717) is 0 Å². The molecular formula is C31H20N4. The molecule has 0 spiro atoms. The van der Waals surface area contributed by atoms with Crippen molar-refractivity contribution in [1.82, 2.24) is 15.0 Å². The molecule has 0 saturated carbocycles. The molecule has 164 valence electrons. The zero-order chi connectivity index (χ0) is 23.2. The number of nitrogens with zero attached hydrogens (tertiary/aromatic N) is 4. The highest BCUT2D eigenvalue weighted by atomic mass is 15.2. The topological polar surface area (TPSA) is 41.9 Å². The number of fused-ring (bicyclic) bond motifs is 4. The maximum absolute atomic E-state index is 4.98. The Labute approximate surface area is 202 Å². The molecule has 0 aliphatic carbocycles. The Balaban J connectivity index is 1.72. The lowest BCUT2D eigenvalue weighted by atomic mass is 10.0. The molecule has 0 fully saturated rings. The monoisotopic (exact) mass is 448 g/mol. The van der Waals surface area contributed by atoms with Crippen LogP contribution in [0.4, 0.5) is 17.1 Å². The summed E-state index contributed by atoms with van der Waals surface area (Å²) in [4.78, 5) is 16.6. The maximum atomic E-state index is 4.98. The van der Waals surface area contributed by atoms with Crippen molar-refractivity contribution in [2.75, 3.05) is 4.90 Å². The quantitative estimate of drug-likeness (QED) is 0.257. The van der Waals surface area contributed by atoms with Crippen LogP contribution in [0.1, 0.15) is 0 Å². The van der Waals surface area contributed by atoms with Gasteiger partial charge in [0.1, 0.15) is 0 Å². The number of benzene rings is 4. The van der Waals surface area contributed by atoms with Crippen LogP contribution < -0.4 is 4.90 Å². The van der Waals surface area contributed by atoms with Crippen molar-refractivity contribution in [3.63, 3.8) is 0 Å². The average Bonchev–Trinajstić information content (AvgIpc) is 2.93. The molecule has 35 heavy (non-hydrogen) atoms. The molecule has 3 aromatic heterocycles. The number of pyridine rings is 3. The SMILES string of the molecule is c1ccc2c(N(c3ccncc3)c3c4ccccc4nc4ccccc34)c3ccccc3nc2c1. The summed E-state index contributed by atoms with van der Waals surface area (Å²) >= 11 is 0. The Bertz CT molecular complexity index is 1630. The highest BCUT2D eigenvalue weighted by Gasteiger charge is 2.23. The second kappa shape index (κ2) is 7.89. The maximum Gasteiger partial charge on any atom is 0.0730 e. The van der Waals surface area contributed by atoms with Crippen molar-refractivity contribution < 1.29 is 0 Å². The number of rotatable bonds is 3. The van der Waals surface area contributed by atoms with Crippen LogP contribution in [0.5, 0.6) is 0 Å². The Kier molecular flexibility index (Phi) is 4.42.